The number of nitrogens with zero attached hydrogens (tertiary/aromatic N) is 2. The van der Waals surface area contributed by atoms with E-state index in [1.165, 1.54) is 0 Å². The molecule has 2 aliphatic rings. The van der Waals surface area contributed by atoms with E-state index >= 15 is 0 Å². The summed E-state index contributed by atoms with van der Waals surface area (Å²) in [6.07, 6.45) is -0.995. The number of para-hydroxylation sites is 2. The molecule has 178 valence electrons. The molecule has 2 atom stereocenters. The summed E-state index contributed by atoms with van der Waals surface area (Å²) in [6, 6.07) is 29.3. The van der Waals surface area contributed by atoms with Crippen molar-refractivity contribution >= 4 is 23.6 Å². The Kier molecular flexibility index (Phi) is 5.22. The first-order valence-electron chi connectivity index (χ1n) is 11.8. The van der Waals surface area contributed by atoms with Crippen LogP contribution in [0.4, 0.5) is 21.0 Å². The van der Waals surface area contributed by atoms with E-state index in [-0.39, 0.29) is 0 Å². The van der Waals surface area contributed by atoms with Crippen molar-refractivity contribution in [3.05, 3.63) is 119 Å². The van der Waals surface area contributed by atoms with Crippen molar-refractivity contribution in [2.45, 2.75) is 25.9 Å². The van der Waals surface area contributed by atoms with Gasteiger partial charge < -0.3 is 9.47 Å². The summed E-state index contributed by atoms with van der Waals surface area (Å²) in [5.41, 5.74) is 5.15. The van der Waals surface area contributed by atoms with Crippen molar-refractivity contribution in [1.29, 1.82) is 0 Å². The molecule has 0 aliphatic carbocycles. The van der Waals surface area contributed by atoms with Gasteiger partial charge in [-0.1, -0.05) is 71.8 Å². The van der Waals surface area contributed by atoms with Crippen molar-refractivity contribution in [2.75, 3.05) is 9.80 Å². The number of hydrogen-bond donors (Lipinski definition) is 0. The van der Waals surface area contributed by atoms with Crippen LogP contribution in [0.5, 0.6) is 11.5 Å². The number of aryl methyl sites for hydroxylation is 2. The van der Waals surface area contributed by atoms with Crippen LogP contribution in [0.2, 0.25) is 0 Å². The first-order chi connectivity index (χ1) is 17.5. The Hall–Kier alpha value is -4.58. The van der Waals surface area contributed by atoms with Crippen molar-refractivity contribution in [3.8, 4) is 11.5 Å². The van der Waals surface area contributed by atoms with Gasteiger partial charge in [0.15, 0.2) is 0 Å². The van der Waals surface area contributed by atoms with Crippen LogP contribution in [0.25, 0.3) is 0 Å². The molecular formula is C30H24N2O4. The molecule has 6 rings (SSSR count). The summed E-state index contributed by atoms with van der Waals surface area (Å²) in [5, 5.41) is 0. The van der Waals surface area contributed by atoms with Gasteiger partial charge in [0.05, 0.1) is 12.1 Å². The van der Waals surface area contributed by atoms with Gasteiger partial charge in [0.1, 0.15) is 11.5 Å². The predicted octanol–water partition coefficient (Wildman–Crippen LogP) is 7.12. The van der Waals surface area contributed by atoms with E-state index in [1.807, 2.05) is 98.8 Å². The third-order valence-electron chi connectivity index (χ3n) is 6.74. The lowest BCUT2D eigenvalue weighted by Crippen LogP contribution is -2.51. The second kappa shape index (κ2) is 8.57. The fraction of sp³-hybridized carbons (Fsp3) is 0.133. The Balaban J connectivity index is 1.62. The third kappa shape index (κ3) is 3.58. The average molecular weight is 477 g/mol. The van der Waals surface area contributed by atoms with Gasteiger partial charge in [-0.2, -0.15) is 0 Å². The SMILES string of the molecule is Cc1ccc(N2C(=O)Oc3ccccc3[C@H]2[C@@H]2c3ccccc3OC(=O)N2c2ccc(C)cc2)cc1. The lowest BCUT2D eigenvalue weighted by atomic mass is 9.87. The molecule has 2 aliphatic heterocycles. The first-order valence-corrected chi connectivity index (χ1v) is 11.8. The Morgan fingerprint density at radius 2 is 0.889 bits per heavy atom. The molecule has 4 aromatic rings. The van der Waals surface area contributed by atoms with Crippen molar-refractivity contribution in [3.63, 3.8) is 0 Å². The van der Waals surface area contributed by atoms with Crippen LogP contribution in [0.15, 0.2) is 97.1 Å². The maximum Gasteiger partial charge on any atom is 0.420 e. The number of carbonyl (C=O) groups is 2. The predicted molar refractivity (Wildman–Crippen MR) is 138 cm³/mol. The van der Waals surface area contributed by atoms with Gasteiger partial charge >= 0.3 is 12.2 Å². The van der Waals surface area contributed by atoms with Crippen molar-refractivity contribution in [2.24, 2.45) is 0 Å². The Bertz CT molecular complexity index is 1350. The number of benzene rings is 4. The number of anilines is 2. The molecule has 6 nitrogen and oxygen atoms in total. The van der Waals surface area contributed by atoms with Crippen LogP contribution in [0.3, 0.4) is 0 Å². The fourth-order valence-electron chi connectivity index (χ4n) is 4.99. The molecule has 0 fully saturated rings. The van der Waals surface area contributed by atoms with Gasteiger partial charge in [-0.3, -0.25) is 9.80 Å². The number of ether oxygens (including phenoxy) is 2. The van der Waals surface area contributed by atoms with Gasteiger partial charge in [-0.15, -0.1) is 0 Å². The fourth-order valence-corrected chi connectivity index (χ4v) is 4.99. The molecule has 0 N–H and O–H groups in total. The number of rotatable bonds is 3. The molecule has 4 aromatic carbocycles. The molecule has 2 heterocycles. The van der Waals surface area contributed by atoms with E-state index in [9.17, 15) is 9.59 Å². The lowest BCUT2D eigenvalue weighted by molar-refractivity contribution is 0.185. The molecule has 0 spiro atoms. The Morgan fingerprint density at radius 1 is 0.528 bits per heavy atom. The second-order valence-electron chi connectivity index (χ2n) is 9.11. The number of fused-ring (bicyclic) bond motifs is 2. The minimum atomic E-state index is -0.569. The van der Waals surface area contributed by atoms with Crippen molar-refractivity contribution < 1.29 is 19.1 Å². The quantitative estimate of drug-likeness (QED) is 0.316. The summed E-state index contributed by atoms with van der Waals surface area (Å²) in [7, 11) is 0. The smallest absolute Gasteiger partial charge is 0.410 e. The maximum absolute atomic E-state index is 13.5. The molecule has 0 saturated carbocycles. The van der Waals surface area contributed by atoms with E-state index in [2.05, 4.69) is 0 Å². The summed E-state index contributed by atoms with van der Waals surface area (Å²) in [6.45, 7) is 4.00. The van der Waals surface area contributed by atoms with Gasteiger partial charge in [0.2, 0.25) is 0 Å². The van der Waals surface area contributed by atoms with E-state index in [0.717, 1.165) is 22.3 Å². The molecule has 0 unspecified atom stereocenters. The van der Waals surface area contributed by atoms with Crippen molar-refractivity contribution in [1.82, 2.24) is 0 Å². The van der Waals surface area contributed by atoms with Crippen LogP contribution in [-0.2, 0) is 0 Å². The minimum Gasteiger partial charge on any atom is -0.410 e. The van der Waals surface area contributed by atoms with Crippen LogP contribution in [0, 0.1) is 13.8 Å². The topological polar surface area (TPSA) is 59.1 Å². The standard InChI is InChI=1S/C30H24N2O4/c1-19-11-15-21(16-12-19)31-27(23-7-3-5-9-25(23)35-29(31)33)28-24-8-4-6-10-26(24)36-30(34)32(28)22-17-13-20(2)14-18-22/h3-18,27-28H,1-2H3/t27-,28-/m0/s1. The normalized spacial score (nSPS) is 18.7. The zero-order valence-electron chi connectivity index (χ0n) is 19.9. The highest BCUT2D eigenvalue weighted by Crippen LogP contribution is 2.51. The summed E-state index contributed by atoms with van der Waals surface area (Å²) in [4.78, 5) is 30.4. The Labute approximate surface area is 209 Å². The highest BCUT2D eigenvalue weighted by atomic mass is 16.6. The molecule has 0 saturated heterocycles. The summed E-state index contributed by atoms with van der Waals surface area (Å²) < 4.78 is 11.5. The van der Waals surface area contributed by atoms with Gasteiger partial charge in [-0.05, 0) is 50.2 Å². The largest absolute Gasteiger partial charge is 0.420 e. The monoisotopic (exact) mass is 476 g/mol. The summed E-state index contributed by atoms with van der Waals surface area (Å²) >= 11 is 0. The number of hydrogen-bond acceptors (Lipinski definition) is 4. The Morgan fingerprint density at radius 3 is 1.28 bits per heavy atom. The molecule has 6 heteroatoms. The minimum absolute atomic E-state index is 0.483. The van der Waals surface area contributed by atoms with Crippen LogP contribution in [-0.4, -0.2) is 12.2 Å². The van der Waals surface area contributed by atoms with Gasteiger partial charge in [-0.25, -0.2) is 9.59 Å². The first kappa shape index (κ1) is 21.9. The van der Waals surface area contributed by atoms with E-state index in [1.54, 1.807) is 21.9 Å². The maximum atomic E-state index is 13.5. The molecule has 0 radical (unpaired) electrons. The number of carbonyl (C=O) groups excluding carboxylic acids is 2. The third-order valence-corrected chi connectivity index (χ3v) is 6.74. The average Bonchev–Trinajstić information content (AvgIpc) is 2.88. The molecule has 0 bridgehead atoms. The van der Waals surface area contributed by atoms with Crippen LogP contribution < -0.4 is 19.3 Å². The van der Waals surface area contributed by atoms with Crippen LogP contribution >= 0.6 is 0 Å². The zero-order valence-corrected chi connectivity index (χ0v) is 19.9. The molecule has 0 aromatic heterocycles. The van der Waals surface area contributed by atoms with Gasteiger partial charge in [0, 0.05) is 22.5 Å². The highest BCUT2D eigenvalue weighted by Gasteiger charge is 2.48. The lowest BCUT2D eigenvalue weighted by Gasteiger charge is -2.46. The molecule has 36 heavy (non-hydrogen) atoms. The summed E-state index contributed by atoms with van der Waals surface area (Å²) in [5.74, 6) is 0.965. The molecule has 2 amide bonds. The van der Waals surface area contributed by atoms with Crippen LogP contribution in [0.1, 0.15) is 34.3 Å². The zero-order chi connectivity index (χ0) is 24.8. The highest BCUT2D eigenvalue weighted by molar-refractivity contribution is 5.96. The van der Waals surface area contributed by atoms with Gasteiger partial charge in [0.25, 0.3) is 0 Å². The second-order valence-corrected chi connectivity index (χ2v) is 9.11. The number of amides is 2. The van der Waals surface area contributed by atoms with E-state index in [4.69, 9.17) is 9.47 Å². The van der Waals surface area contributed by atoms with E-state index < -0.39 is 24.3 Å². The van der Waals surface area contributed by atoms with E-state index in [0.29, 0.717) is 22.9 Å². The molecular weight excluding hydrogens is 452 g/mol.